The third kappa shape index (κ3) is 1.97. The zero-order valence-corrected chi connectivity index (χ0v) is 10.5. The molecule has 0 fully saturated rings. The van der Waals surface area contributed by atoms with Gasteiger partial charge in [-0.2, -0.15) is 0 Å². The molecule has 3 heteroatoms. The van der Waals surface area contributed by atoms with Crippen molar-refractivity contribution in [3.05, 3.63) is 59.4 Å². The van der Waals surface area contributed by atoms with Crippen LogP contribution in [0.2, 0.25) is 0 Å². The Morgan fingerprint density at radius 3 is 2.78 bits per heavy atom. The van der Waals surface area contributed by atoms with Crippen molar-refractivity contribution in [2.75, 3.05) is 5.73 Å². The molecule has 1 aromatic heterocycles. The lowest BCUT2D eigenvalue weighted by atomic mass is 10.1. The van der Waals surface area contributed by atoms with Crippen molar-refractivity contribution in [2.24, 2.45) is 0 Å². The smallest absolute Gasteiger partial charge is 0.0572 e. The first kappa shape index (κ1) is 11.2. The molecular formula is C15H17N3. The van der Waals surface area contributed by atoms with Gasteiger partial charge >= 0.3 is 0 Å². The van der Waals surface area contributed by atoms with Gasteiger partial charge < -0.3 is 5.73 Å². The molecule has 0 bridgehead atoms. The summed E-state index contributed by atoms with van der Waals surface area (Å²) in [6, 6.07) is 12.6. The Bertz CT molecular complexity index is 551. The highest BCUT2D eigenvalue weighted by Crippen LogP contribution is 2.31. The van der Waals surface area contributed by atoms with Crippen LogP contribution in [0.25, 0.3) is 0 Å². The largest absolute Gasteiger partial charge is 0.399 e. The Morgan fingerprint density at radius 1 is 1.17 bits per heavy atom. The van der Waals surface area contributed by atoms with E-state index in [0.29, 0.717) is 6.04 Å². The number of rotatable bonds is 2. The number of nitrogens with two attached hydrogens (primary N) is 1. The van der Waals surface area contributed by atoms with Crippen molar-refractivity contribution < 1.29 is 0 Å². The van der Waals surface area contributed by atoms with Crippen LogP contribution < -0.4 is 5.73 Å². The summed E-state index contributed by atoms with van der Waals surface area (Å²) in [5, 5.41) is 0. The van der Waals surface area contributed by atoms with E-state index in [-0.39, 0.29) is 0 Å². The zero-order chi connectivity index (χ0) is 12.5. The fourth-order valence-corrected chi connectivity index (χ4v) is 2.52. The number of nitrogens with zero attached hydrogens (tertiary/aromatic N) is 2. The molecule has 1 aliphatic rings. The molecule has 1 aromatic carbocycles. The quantitative estimate of drug-likeness (QED) is 0.819. The molecule has 0 amide bonds. The maximum absolute atomic E-state index is 5.83. The topological polar surface area (TPSA) is 42.2 Å². The molecule has 18 heavy (non-hydrogen) atoms. The number of pyridine rings is 1. The van der Waals surface area contributed by atoms with Crippen LogP contribution in [-0.2, 0) is 13.1 Å². The molecule has 0 spiro atoms. The molecule has 1 aliphatic heterocycles. The van der Waals surface area contributed by atoms with Crippen LogP contribution >= 0.6 is 0 Å². The van der Waals surface area contributed by atoms with Gasteiger partial charge in [-0.25, -0.2) is 0 Å². The third-order valence-corrected chi connectivity index (χ3v) is 3.64. The second-order valence-electron chi connectivity index (χ2n) is 4.86. The SMILES string of the molecule is CC(c1ccccn1)N1Cc2ccc(N)cc2C1. The number of anilines is 1. The predicted molar refractivity (Wildman–Crippen MR) is 72.8 cm³/mol. The Balaban J connectivity index is 1.82. The monoisotopic (exact) mass is 239 g/mol. The number of nitrogen functional groups attached to an aromatic ring is 1. The van der Waals surface area contributed by atoms with Crippen LogP contribution in [0, 0.1) is 0 Å². The average molecular weight is 239 g/mol. The molecule has 3 rings (SSSR count). The Hall–Kier alpha value is -1.87. The van der Waals surface area contributed by atoms with Crippen molar-refractivity contribution >= 4 is 5.69 Å². The van der Waals surface area contributed by atoms with Gasteiger partial charge in [0.05, 0.1) is 5.69 Å². The minimum absolute atomic E-state index is 0.333. The fourth-order valence-electron chi connectivity index (χ4n) is 2.52. The first-order valence-corrected chi connectivity index (χ1v) is 6.26. The molecule has 2 aromatic rings. The molecule has 0 saturated heterocycles. The molecular weight excluding hydrogens is 222 g/mol. The maximum Gasteiger partial charge on any atom is 0.0572 e. The maximum atomic E-state index is 5.83. The van der Waals surface area contributed by atoms with Crippen LogP contribution in [0.3, 0.4) is 0 Å². The third-order valence-electron chi connectivity index (χ3n) is 3.64. The summed E-state index contributed by atoms with van der Waals surface area (Å²) in [7, 11) is 0. The van der Waals surface area contributed by atoms with Crippen LogP contribution in [0.5, 0.6) is 0 Å². The number of hydrogen-bond acceptors (Lipinski definition) is 3. The summed E-state index contributed by atoms with van der Waals surface area (Å²) in [6.07, 6.45) is 1.85. The van der Waals surface area contributed by atoms with Crippen LogP contribution in [0.1, 0.15) is 29.8 Å². The molecule has 2 N–H and O–H groups in total. The second kappa shape index (κ2) is 4.42. The van der Waals surface area contributed by atoms with Crippen molar-refractivity contribution in [1.29, 1.82) is 0 Å². The van der Waals surface area contributed by atoms with E-state index in [4.69, 9.17) is 5.73 Å². The lowest BCUT2D eigenvalue weighted by Gasteiger charge is -2.23. The van der Waals surface area contributed by atoms with Crippen molar-refractivity contribution in [3.8, 4) is 0 Å². The van der Waals surface area contributed by atoms with Gasteiger partial charge in [0.25, 0.3) is 0 Å². The van der Waals surface area contributed by atoms with Gasteiger partial charge in [0.15, 0.2) is 0 Å². The van der Waals surface area contributed by atoms with Gasteiger partial charge in [0, 0.05) is 31.0 Å². The molecule has 0 aliphatic carbocycles. The zero-order valence-electron chi connectivity index (χ0n) is 10.5. The second-order valence-corrected chi connectivity index (χ2v) is 4.86. The highest BCUT2D eigenvalue weighted by Gasteiger charge is 2.24. The summed E-state index contributed by atoms with van der Waals surface area (Å²) in [6.45, 7) is 4.14. The minimum atomic E-state index is 0.333. The molecule has 0 saturated carbocycles. The van der Waals surface area contributed by atoms with E-state index >= 15 is 0 Å². The Labute approximate surface area is 107 Å². The minimum Gasteiger partial charge on any atom is -0.399 e. The summed E-state index contributed by atoms with van der Waals surface area (Å²) >= 11 is 0. The molecule has 0 radical (unpaired) electrons. The highest BCUT2D eigenvalue weighted by atomic mass is 15.2. The van der Waals surface area contributed by atoms with E-state index in [1.807, 2.05) is 24.4 Å². The molecule has 3 nitrogen and oxygen atoms in total. The lowest BCUT2D eigenvalue weighted by Crippen LogP contribution is -2.21. The predicted octanol–water partition coefficient (Wildman–Crippen LogP) is 2.74. The average Bonchev–Trinajstić information content (AvgIpc) is 2.81. The van der Waals surface area contributed by atoms with E-state index in [1.165, 1.54) is 11.1 Å². The van der Waals surface area contributed by atoms with Crippen LogP contribution in [-0.4, -0.2) is 9.88 Å². The van der Waals surface area contributed by atoms with Crippen molar-refractivity contribution in [2.45, 2.75) is 26.1 Å². The van der Waals surface area contributed by atoms with Gasteiger partial charge in [-0.15, -0.1) is 0 Å². The van der Waals surface area contributed by atoms with Crippen LogP contribution in [0.4, 0.5) is 5.69 Å². The fraction of sp³-hybridized carbons (Fsp3) is 0.267. The van der Waals surface area contributed by atoms with Crippen LogP contribution in [0.15, 0.2) is 42.6 Å². The van der Waals surface area contributed by atoms with Gasteiger partial charge in [-0.3, -0.25) is 9.88 Å². The summed E-state index contributed by atoms with van der Waals surface area (Å²) in [5.74, 6) is 0. The van der Waals surface area contributed by atoms with Gasteiger partial charge in [0.2, 0.25) is 0 Å². The first-order chi connectivity index (χ1) is 8.74. The highest BCUT2D eigenvalue weighted by molar-refractivity contribution is 5.46. The molecule has 1 atom stereocenters. The number of hydrogen-bond donors (Lipinski definition) is 1. The van der Waals surface area contributed by atoms with Gasteiger partial charge in [-0.05, 0) is 42.3 Å². The number of aromatic nitrogens is 1. The van der Waals surface area contributed by atoms with E-state index < -0.39 is 0 Å². The molecule has 1 unspecified atom stereocenters. The normalized spacial score (nSPS) is 16.5. The number of fused-ring (bicyclic) bond motifs is 1. The standard InChI is InChI=1S/C15H17N3/c1-11(15-4-2-3-7-17-15)18-9-12-5-6-14(16)8-13(12)10-18/h2-8,11H,9-10,16H2,1H3. The van der Waals surface area contributed by atoms with E-state index in [1.54, 1.807) is 0 Å². The van der Waals surface area contributed by atoms with E-state index in [2.05, 4.69) is 35.0 Å². The van der Waals surface area contributed by atoms with Gasteiger partial charge in [-0.1, -0.05) is 12.1 Å². The van der Waals surface area contributed by atoms with Crippen molar-refractivity contribution in [1.82, 2.24) is 9.88 Å². The summed E-state index contributed by atoms with van der Waals surface area (Å²) in [4.78, 5) is 6.86. The first-order valence-electron chi connectivity index (χ1n) is 6.26. The van der Waals surface area contributed by atoms with Crippen molar-refractivity contribution in [3.63, 3.8) is 0 Å². The van der Waals surface area contributed by atoms with Gasteiger partial charge in [0.1, 0.15) is 0 Å². The Morgan fingerprint density at radius 2 is 2.00 bits per heavy atom. The summed E-state index contributed by atoms with van der Waals surface area (Å²) in [5.41, 5.74) is 10.5. The van der Waals surface area contributed by atoms with E-state index in [0.717, 1.165) is 24.5 Å². The lowest BCUT2D eigenvalue weighted by molar-refractivity contribution is 0.211. The molecule has 92 valence electrons. The summed E-state index contributed by atoms with van der Waals surface area (Å²) < 4.78 is 0. The van der Waals surface area contributed by atoms with E-state index in [9.17, 15) is 0 Å². The Kier molecular flexibility index (Phi) is 2.76. The molecule has 2 heterocycles. The number of benzene rings is 1.